The molecule has 0 saturated heterocycles. The fraction of sp³-hybridized carbons (Fsp3) is 0.296. The Balaban J connectivity index is 1.37. The van der Waals surface area contributed by atoms with Gasteiger partial charge in [-0.3, -0.25) is 9.69 Å². The van der Waals surface area contributed by atoms with Gasteiger partial charge in [0, 0.05) is 25.2 Å². The Bertz CT molecular complexity index is 1340. The topological polar surface area (TPSA) is 75.7 Å². The molecule has 6 nitrogen and oxygen atoms in total. The number of rotatable bonds is 8. The van der Waals surface area contributed by atoms with Crippen LogP contribution in [0.15, 0.2) is 65.6 Å². The summed E-state index contributed by atoms with van der Waals surface area (Å²) in [5.74, 6) is 0.316. The number of fused-ring (bicyclic) bond motifs is 1. The van der Waals surface area contributed by atoms with E-state index in [2.05, 4.69) is 10.2 Å². The highest BCUT2D eigenvalue weighted by Crippen LogP contribution is 2.30. The van der Waals surface area contributed by atoms with Crippen LogP contribution in [-0.4, -0.2) is 33.4 Å². The van der Waals surface area contributed by atoms with E-state index >= 15 is 0 Å². The van der Waals surface area contributed by atoms with Gasteiger partial charge in [-0.2, -0.15) is 0 Å². The molecule has 8 heteroatoms. The van der Waals surface area contributed by atoms with Crippen molar-refractivity contribution in [1.29, 1.82) is 0 Å². The first-order valence-electron chi connectivity index (χ1n) is 11.4. The first-order chi connectivity index (χ1) is 16.6. The quantitative estimate of drug-likeness (QED) is 0.437. The largest absolute Gasteiger partial charge is 0.495 e. The van der Waals surface area contributed by atoms with Crippen molar-refractivity contribution in [3.05, 3.63) is 87.9 Å². The molecule has 1 unspecified atom stereocenters. The van der Waals surface area contributed by atoms with E-state index in [1.54, 1.807) is 43.5 Å². The van der Waals surface area contributed by atoms with Gasteiger partial charge in [0.2, 0.25) is 5.91 Å². The van der Waals surface area contributed by atoms with E-state index < -0.39 is 9.84 Å². The van der Waals surface area contributed by atoms with Crippen molar-refractivity contribution in [2.24, 2.45) is 0 Å². The number of benzene rings is 3. The molecule has 0 aromatic heterocycles. The van der Waals surface area contributed by atoms with Gasteiger partial charge in [-0.1, -0.05) is 42.8 Å². The average Bonchev–Trinajstić information content (AvgIpc) is 3.18. The van der Waals surface area contributed by atoms with Crippen molar-refractivity contribution >= 4 is 33.0 Å². The summed E-state index contributed by atoms with van der Waals surface area (Å²) < 4.78 is 31.1. The molecule has 1 N–H and O–H groups in total. The Kier molecular flexibility index (Phi) is 7.50. The zero-order valence-electron chi connectivity index (χ0n) is 20.0. The van der Waals surface area contributed by atoms with E-state index in [9.17, 15) is 13.2 Å². The molecule has 3 aromatic carbocycles. The summed E-state index contributed by atoms with van der Waals surface area (Å²) in [6, 6.07) is 17.7. The lowest BCUT2D eigenvalue weighted by atomic mass is 9.97. The molecule has 1 heterocycles. The number of ether oxygens (including phenoxy) is 1. The van der Waals surface area contributed by atoms with Gasteiger partial charge in [0.25, 0.3) is 0 Å². The van der Waals surface area contributed by atoms with E-state index in [0.717, 1.165) is 24.2 Å². The molecule has 1 aliphatic rings. The van der Waals surface area contributed by atoms with Crippen LogP contribution in [0.25, 0.3) is 0 Å². The van der Waals surface area contributed by atoms with Crippen molar-refractivity contribution in [3.63, 3.8) is 0 Å². The molecule has 0 fully saturated rings. The van der Waals surface area contributed by atoms with Gasteiger partial charge in [0.15, 0.2) is 9.84 Å². The highest BCUT2D eigenvalue weighted by Gasteiger charge is 2.20. The van der Waals surface area contributed by atoms with Crippen LogP contribution in [-0.2, 0) is 33.5 Å². The molecule has 184 valence electrons. The highest BCUT2D eigenvalue weighted by atomic mass is 35.5. The Morgan fingerprint density at radius 3 is 2.46 bits per heavy atom. The van der Waals surface area contributed by atoms with Crippen LogP contribution < -0.4 is 10.1 Å². The molecular formula is C27H29ClN2O4S. The second kappa shape index (κ2) is 10.4. The SMILES string of the molecule is COc1ccc(C(C)CC(=O)Nc2ccc(S(=O)(=O)Cc3ccc4c(c3)CN(C)C4)cc2)cc1Cl. The van der Waals surface area contributed by atoms with E-state index in [1.807, 2.05) is 38.2 Å². The monoisotopic (exact) mass is 512 g/mol. The van der Waals surface area contributed by atoms with Crippen LogP contribution in [0.5, 0.6) is 5.75 Å². The van der Waals surface area contributed by atoms with Gasteiger partial charge in [0.05, 0.1) is 22.8 Å². The van der Waals surface area contributed by atoms with Gasteiger partial charge in [-0.05, 0) is 71.6 Å². The predicted octanol–water partition coefficient (Wildman–Crippen LogP) is 5.40. The van der Waals surface area contributed by atoms with Crippen LogP contribution in [0.4, 0.5) is 5.69 Å². The third-order valence-electron chi connectivity index (χ3n) is 6.24. The standard InChI is InChI=1S/C27H29ClN2O4S/c1-18(20-6-11-26(34-3)25(28)14-20)12-27(31)29-23-7-9-24(10-8-23)35(32,33)17-19-4-5-21-15-30(2)16-22(21)13-19/h4-11,13-14,18H,12,15-17H2,1-3H3,(H,29,31). The molecule has 1 atom stereocenters. The molecule has 35 heavy (non-hydrogen) atoms. The van der Waals surface area contributed by atoms with Crippen molar-refractivity contribution in [1.82, 2.24) is 4.90 Å². The first kappa shape index (κ1) is 25.2. The first-order valence-corrected chi connectivity index (χ1v) is 13.4. The lowest BCUT2D eigenvalue weighted by molar-refractivity contribution is -0.116. The number of carbonyl (C=O) groups excluding carboxylic acids is 1. The number of hydrogen-bond donors (Lipinski definition) is 1. The molecule has 0 spiro atoms. The Labute approximate surface area is 211 Å². The number of carbonyl (C=O) groups is 1. The molecular weight excluding hydrogens is 484 g/mol. The molecule has 3 aromatic rings. The van der Waals surface area contributed by atoms with Crippen molar-refractivity contribution in [2.75, 3.05) is 19.5 Å². The highest BCUT2D eigenvalue weighted by molar-refractivity contribution is 7.90. The second-order valence-electron chi connectivity index (χ2n) is 9.11. The van der Waals surface area contributed by atoms with Gasteiger partial charge in [-0.15, -0.1) is 0 Å². The van der Waals surface area contributed by atoms with Crippen LogP contribution >= 0.6 is 11.6 Å². The fourth-order valence-electron chi connectivity index (χ4n) is 4.35. The third kappa shape index (κ3) is 6.04. The van der Waals surface area contributed by atoms with Crippen molar-refractivity contribution in [2.45, 2.75) is 43.0 Å². The van der Waals surface area contributed by atoms with E-state index in [0.29, 0.717) is 16.5 Å². The molecule has 0 aliphatic carbocycles. The summed E-state index contributed by atoms with van der Waals surface area (Å²) in [5, 5.41) is 3.35. The van der Waals surface area contributed by atoms with Crippen LogP contribution in [0.2, 0.25) is 5.02 Å². The smallest absolute Gasteiger partial charge is 0.224 e. The molecule has 0 bridgehead atoms. The normalized spacial score (nSPS) is 14.4. The zero-order chi connectivity index (χ0) is 25.2. The number of hydrogen-bond acceptors (Lipinski definition) is 5. The summed E-state index contributed by atoms with van der Waals surface area (Å²) >= 11 is 6.20. The predicted molar refractivity (Wildman–Crippen MR) is 139 cm³/mol. The second-order valence-corrected chi connectivity index (χ2v) is 11.5. The number of methoxy groups -OCH3 is 1. The van der Waals surface area contributed by atoms with Gasteiger partial charge in [-0.25, -0.2) is 8.42 Å². The Hall–Kier alpha value is -2.87. The number of nitrogens with zero attached hydrogens (tertiary/aromatic N) is 1. The lowest BCUT2D eigenvalue weighted by Gasteiger charge is -2.14. The molecule has 1 aliphatic heterocycles. The van der Waals surface area contributed by atoms with E-state index in [4.69, 9.17) is 16.3 Å². The Morgan fingerprint density at radius 2 is 1.77 bits per heavy atom. The Morgan fingerprint density at radius 1 is 1.06 bits per heavy atom. The van der Waals surface area contributed by atoms with Gasteiger partial charge >= 0.3 is 0 Å². The van der Waals surface area contributed by atoms with Crippen molar-refractivity contribution in [3.8, 4) is 5.75 Å². The van der Waals surface area contributed by atoms with E-state index in [-0.39, 0.29) is 28.9 Å². The summed E-state index contributed by atoms with van der Waals surface area (Å²) in [7, 11) is 0.0999. The molecule has 0 radical (unpaired) electrons. The third-order valence-corrected chi connectivity index (χ3v) is 8.24. The van der Waals surface area contributed by atoms with Gasteiger partial charge in [0.1, 0.15) is 5.75 Å². The average molecular weight is 513 g/mol. The summed E-state index contributed by atoms with van der Waals surface area (Å²) in [5.41, 5.74) is 4.70. The fourth-order valence-corrected chi connectivity index (χ4v) is 5.96. The minimum Gasteiger partial charge on any atom is -0.495 e. The lowest BCUT2D eigenvalue weighted by Crippen LogP contribution is -2.14. The van der Waals surface area contributed by atoms with Gasteiger partial charge < -0.3 is 10.1 Å². The minimum atomic E-state index is -3.50. The maximum atomic E-state index is 13.0. The number of amides is 1. The maximum absolute atomic E-state index is 13.0. The number of sulfone groups is 1. The van der Waals surface area contributed by atoms with Crippen molar-refractivity contribution < 1.29 is 17.9 Å². The minimum absolute atomic E-state index is 0.0508. The van der Waals surface area contributed by atoms with E-state index in [1.165, 1.54) is 11.1 Å². The summed E-state index contributed by atoms with van der Waals surface area (Å²) in [6.45, 7) is 3.67. The maximum Gasteiger partial charge on any atom is 0.224 e. The number of nitrogens with one attached hydrogen (secondary N) is 1. The molecule has 1 amide bonds. The zero-order valence-corrected chi connectivity index (χ0v) is 21.6. The summed E-state index contributed by atoms with van der Waals surface area (Å²) in [6.07, 6.45) is 0.260. The van der Waals surface area contributed by atoms with Crippen LogP contribution in [0, 0.1) is 0 Å². The molecule has 0 saturated carbocycles. The number of halogens is 1. The summed E-state index contributed by atoms with van der Waals surface area (Å²) in [4.78, 5) is 15.0. The van der Waals surface area contributed by atoms with Crippen LogP contribution in [0.3, 0.4) is 0 Å². The number of anilines is 1. The molecule has 4 rings (SSSR count). The van der Waals surface area contributed by atoms with Crippen LogP contribution in [0.1, 0.15) is 41.5 Å².